The van der Waals surface area contributed by atoms with E-state index in [1.54, 1.807) is 32.7 Å². The molecule has 1 aromatic carbocycles. The number of anilines is 1. The zero-order valence-electron chi connectivity index (χ0n) is 22.1. The number of hydrogen-bond acceptors (Lipinski definition) is 5. The fraction of sp³-hybridized carbons (Fsp3) is 0.370. The first-order valence-electron chi connectivity index (χ1n) is 12.3. The average molecular weight is 523 g/mol. The number of likely N-dealkylation sites (tertiary alicyclic amines) is 1. The van der Waals surface area contributed by atoms with Gasteiger partial charge in [0.2, 0.25) is 0 Å². The first-order chi connectivity index (χ1) is 17.9. The van der Waals surface area contributed by atoms with Gasteiger partial charge in [0.1, 0.15) is 5.82 Å². The summed E-state index contributed by atoms with van der Waals surface area (Å²) in [5.41, 5.74) is 1.92. The molecule has 0 bridgehead atoms. The van der Waals surface area contributed by atoms with Crippen LogP contribution in [-0.4, -0.2) is 61.8 Å². The molecule has 3 heterocycles. The molecule has 200 valence electrons. The van der Waals surface area contributed by atoms with Crippen molar-refractivity contribution < 1.29 is 23.6 Å². The van der Waals surface area contributed by atoms with Gasteiger partial charge in [-0.05, 0) is 69.9 Å². The number of halogens is 1. The number of carbonyl (C=O) groups excluding carboxylic acids is 4. The molecule has 11 heteroatoms. The van der Waals surface area contributed by atoms with Gasteiger partial charge >= 0.3 is 0 Å². The van der Waals surface area contributed by atoms with Crippen LogP contribution in [0.25, 0.3) is 0 Å². The second-order valence-corrected chi connectivity index (χ2v) is 10.0. The molecule has 0 atom stereocenters. The third-order valence-electron chi connectivity index (χ3n) is 7.31. The number of hydrogen-bond donors (Lipinski definition) is 3. The minimum absolute atomic E-state index is 0.122. The first kappa shape index (κ1) is 26.8. The normalized spacial score (nSPS) is 14.7. The van der Waals surface area contributed by atoms with Crippen LogP contribution >= 0.6 is 0 Å². The lowest BCUT2D eigenvalue weighted by molar-refractivity contribution is -0.119. The Morgan fingerprint density at radius 3 is 2.39 bits per heavy atom. The molecule has 4 rings (SSSR count). The highest BCUT2D eigenvalue weighted by atomic mass is 19.1. The zero-order valence-corrected chi connectivity index (χ0v) is 22.1. The van der Waals surface area contributed by atoms with E-state index in [1.807, 2.05) is 6.92 Å². The number of ketones is 1. The van der Waals surface area contributed by atoms with Crippen molar-refractivity contribution in [3.63, 3.8) is 0 Å². The van der Waals surface area contributed by atoms with Crippen LogP contribution < -0.4 is 10.6 Å². The molecule has 1 aliphatic heterocycles. The Morgan fingerprint density at radius 1 is 1.11 bits per heavy atom. The summed E-state index contributed by atoms with van der Waals surface area (Å²) >= 11 is 0. The van der Waals surface area contributed by atoms with Crippen LogP contribution in [0, 0.1) is 26.6 Å². The Balaban J connectivity index is 1.46. The second-order valence-electron chi connectivity index (χ2n) is 10.0. The Bertz CT molecular complexity index is 1420. The molecule has 1 fully saturated rings. The average Bonchev–Trinajstić information content (AvgIpc) is 3.48. The second kappa shape index (κ2) is 10.2. The van der Waals surface area contributed by atoms with Crippen molar-refractivity contribution in [3.05, 3.63) is 70.1 Å². The minimum Gasteiger partial charge on any atom is -0.344 e. The van der Waals surface area contributed by atoms with Gasteiger partial charge in [-0.3, -0.25) is 24.3 Å². The first-order valence-corrected chi connectivity index (χ1v) is 12.3. The van der Waals surface area contributed by atoms with Gasteiger partial charge in [-0.25, -0.2) is 4.39 Å². The minimum atomic E-state index is -0.771. The van der Waals surface area contributed by atoms with Crippen LogP contribution in [0.15, 0.2) is 30.6 Å². The third-order valence-corrected chi connectivity index (χ3v) is 7.31. The molecule has 0 spiro atoms. The van der Waals surface area contributed by atoms with Crippen molar-refractivity contribution >= 4 is 29.2 Å². The number of Topliss-reactive ketones (excluding diaryl/α,β-unsaturated/α-hetero) is 1. The highest BCUT2D eigenvalue weighted by molar-refractivity contribution is 6.43. The SMILES string of the molecule is Cc1cc(NC(=O)c2c(C)c(C(=O)C(=O)NC3(C)CCN(C(=O)c4cn[nH]c4)CC3)n(C)c2C)ccc1F. The number of piperidine rings is 1. The number of H-pyrrole nitrogens is 1. The Kier molecular flexibility index (Phi) is 7.21. The van der Waals surface area contributed by atoms with E-state index in [2.05, 4.69) is 20.8 Å². The van der Waals surface area contributed by atoms with E-state index in [0.717, 1.165) is 0 Å². The molecule has 1 saturated heterocycles. The smallest absolute Gasteiger partial charge is 0.294 e. The molecular formula is C27H31FN6O4. The van der Waals surface area contributed by atoms with Crippen molar-refractivity contribution in [2.24, 2.45) is 7.05 Å². The van der Waals surface area contributed by atoms with E-state index >= 15 is 0 Å². The lowest BCUT2D eigenvalue weighted by atomic mass is 9.89. The van der Waals surface area contributed by atoms with Gasteiger partial charge in [0.15, 0.2) is 0 Å². The monoisotopic (exact) mass is 522 g/mol. The molecule has 10 nitrogen and oxygen atoms in total. The Hall–Kier alpha value is -4.28. The van der Waals surface area contributed by atoms with Crippen LogP contribution in [0.5, 0.6) is 0 Å². The van der Waals surface area contributed by atoms with Crippen molar-refractivity contribution in [2.75, 3.05) is 18.4 Å². The molecule has 0 saturated carbocycles. The standard InChI is InChI=1S/C27H31FN6O4/c1-15-12-19(6-7-20(15)28)31-24(36)21-16(2)22(33(5)17(21)3)23(35)25(37)32-27(4)8-10-34(11-9-27)26(38)18-13-29-30-14-18/h6-7,12-14H,8-11H2,1-5H3,(H,29,30)(H,31,36)(H,32,37). The zero-order chi connectivity index (χ0) is 27.8. The number of benzene rings is 1. The van der Waals surface area contributed by atoms with E-state index in [-0.39, 0.29) is 23.0 Å². The van der Waals surface area contributed by atoms with E-state index in [4.69, 9.17) is 0 Å². The third kappa shape index (κ3) is 5.09. The summed E-state index contributed by atoms with van der Waals surface area (Å²) in [6, 6.07) is 4.25. The van der Waals surface area contributed by atoms with Crippen LogP contribution in [-0.2, 0) is 11.8 Å². The molecular weight excluding hydrogens is 491 g/mol. The quantitative estimate of drug-likeness (QED) is 0.339. The van der Waals surface area contributed by atoms with Gasteiger partial charge in [0.05, 0.1) is 23.0 Å². The topological polar surface area (TPSA) is 129 Å². The molecule has 3 amide bonds. The van der Waals surface area contributed by atoms with Crippen molar-refractivity contribution in [1.82, 2.24) is 25.0 Å². The fourth-order valence-corrected chi connectivity index (χ4v) is 4.87. The number of amides is 3. The fourth-order valence-electron chi connectivity index (χ4n) is 4.87. The molecule has 0 radical (unpaired) electrons. The van der Waals surface area contributed by atoms with E-state index in [9.17, 15) is 23.6 Å². The van der Waals surface area contributed by atoms with Gasteiger partial charge in [0, 0.05) is 43.3 Å². The van der Waals surface area contributed by atoms with Crippen LogP contribution in [0.4, 0.5) is 10.1 Å². The summed E-state index contributed by atoms with van der Waals surface area (Å²) in [7, 11) is 1.63. The predicted molar refractivity (Wildman–Crippen MR) is 139 cm³/mol. The summed E-state index contributed by atoms with van der Waals surface area (Å²) in [5, 5.41) is 12.0. The van der Waals surface area contributed by atoms with Crippen LogP contribution in [0.1, 0.15) is 67.8 Å². The summed E-state index contributed by atoms with van der Waals surface area (Å²) in [5.74, 6) is -2.49. The van der Waals surface area contributed by atoms with Crippen LogP contribution in [0.3, 0.4) is 0 Å². The summed E-state index contributed by atoms with van der Waals surface area (Å²) in [6.45, 7) is 7.61. The number of aromatic nitrogens is 3. The number of aromatic amines is 1. The maximum absolute atomic E-state index is 13.6. The number of nitrogens with zero attached hydrogens (tertiary/aromatic N) is 3. The number of rotatable bonds is 6. The van der Waals surface area contributed by atoms with Gasteiger partial charge in [-0.15, -0.1) is 0 Å². The molecule has 38 heavy (non-hydrogen) atoms. The summed E-state index contributed by atoms with van der Waals surface area (Å²) in [4.78, 5) is 53.7. The summed E-state index contributed by atoms with van der Waals surface area (Å²) < 4.78 is 15.1. The van der Waals surface area contributed by atoms with Crippen molar-refractivity contribution in [1.29, 1.82) is 0 Å². The lowest BCUT2D eigenvalue weighted by Gasteiger charge is -2.39. The molecule has 0 unspecified atom stereocenters. The summed E-state index contributed by atoms with van der Waals surface area (Å²) in [6.07, 6.45) is 3.96. The van der Waals surface area contributed by atoms with E-state index in [0.29, 0.717) is 54.0 Å². The molecule has 3 N–H and O–H groups in total. The predicted octanol–water partition coefficient (Wildman–Crippen LogP) is 3.06. The van der Waals surface area contributed by atoms with E-state index < -0.39 is 23.1 Å². The number of aryl methyl sites for hydroxylation is 1. The van der Waals surface area contributed by atoms with Crippen molar-refractivity contribution in [3.8, 4) is 0 Å². The molecule has 1 aliphatic rings. The highest BCUT2D eigenvalue weighted by Gasteiger charge is 2.36. The maximum atomic E-state index is 13.6. The molecule has 0 aliphatic carbocycles. The van der Waals surface area contributed by atoms with Crippen molar-refractivity contribution in [2.45, 2.75) is 46.1 Å². The van der Waals surface area contributed by atoms with Gasteiger partial charge in [0.25, 0.3) is 23.5 Å². The Morgan fingerprint density at radius 2 is 1.79 bits per heavy atom. The number of carbonyl (C=O) groups is 4. The highest BCUT2D eigenvalue weighted by Crippen LogP contribution is 2.26. The van der Waals surface area contributed by atoms with Gasteiger partial charge in [-0.2, -0.15) is 5.10 Å². The van der Waals surface area contributed by atoms with Gasteiger partial charge < -0.3 is 20.1 Å². The lowest BCUT2D eigenvalue weighted by Crippen LogP contribution is -2.55. The largest absolute Gasteiger partial charge is 0.344 e. The maximum Gasteiger partial charge on any atom is 0.294 e. The Labute approximate surface area is 219 Å². The number of nitrogens with one attached hydrogen (secondary N) is 3. The van der Waals surface area contributed by atoms with Crippen LogP contribution in [0.2, 0.25) is 0 Å². The van der Waals surface area contributed by atoms with Gasteiger partial charge in [-0.1, -0.05) is 0 Å². The van der Waals surface area contributed by atoms with E-state index in [1.165, 1.54) is 35.2 Å². The molecule has 3 aromatic rings. The molecule has 2 aromatic heterocycles.